The molecule has 2 aromatic carbocycles. The van der Waals surface area contributed by atoms with Crippen LogP contribution in [0.4, 0.5) is 5.69 Å². The van der Waals surface area contributed by atoms with Gasteiger partial charge in [0.05, 0.1) is 6.04 Å². The lowest BCUT2D eigenvalue weighted by Gasteiger charge is -2.27. The first-order valence-electron chi connectivity index (χ1n) is 13.3. The number of aliphatic hydroxyl groups excluding tert-OH is 2. The Morgan fingerprint density at radius 2 is 1.74 bits per heavy atom. The molecular weight excluding hydrogens is 548 g/mol. The maximum atomic E-state index is 13.5. The molecule has 2 heterocycles. The fourth-order valence-electron chi connectivity index (χ4n) is 4.44. The van der Waals surface area contributed by atoms with Gasteiger partial charge >= 0.3 is 5.69 Å². The van der Waals surface area contributed by atoms with E-state index in [0.29, 0.717) is 31.0 Å². The number of amides is 2. The molecule has 2 amide bonds. The van der Waals surface area contributed by atoms with Crippen molar-refractivity contribution in [3.05, 3.63) is 93.3 Å². The molecule has 9 N–H and O–H groups in total. The maximum Gasteiger partial charge on any atom is 0.330 e. The van der Waals surface area contributed by atoms with E-state index >= 15 is 0 Å². The van der Waals surface area contributed by atoms with Gasteiger partial charge in [-0.15, -0.1) is 0 Å². The van der Waals surface area contributed by atoms with Gasteiger partial charge in [-0.2, -0.15) is 0 Å². The summed E-state index contributed by atoms with van der Waals surface area (Å²) >= 11 is 0. The lowest BCUT2D eigenvalue weighted by atomic mass is 10.0. The number of anilines is 1. The van der Waals surface area contributed by atoms with Gasteiger partial charge in [0, 0.05) is 18.0 Å². The van der Waals surface area contributed by atoms with Crippen molar-refractivity contribution in [2.45, 2.75) is 56.1 Å². The molecule has 0 spiro atoms. The minimum absolute atomic E-state index is 0.243. The molecule has 4 rings (SSSR count). The quantitative estimate of drug-likeness (QED) is 0.137. The van der Waals surface area contributed by atoms with Crippen LogP contribution in [-0.2, 0) is 20.9 Å². The highest BCUT2D eigenvalue weighted by atomic mass is 16.6. The van der Waals surface area contributed by atoms with Crippen LogP contribution in [0.3, 0.4) is 0 Å². The molecular formula is C28H34N6O8. The molecule has 1 aliphatic heterocycles. The lowest BCUT2D eigenvalue weighted by molar-refractivity contribution is -0.133. The summed E-state index contributed by atoms with van der Waals surface area (Å²) < 4.78 is 12.4. The van der Waals surface area contributed by atoms with E-state index in [2.05, 4.69) is 10.6 Å². The van der Waals surface area contributed by atoms with Crippen molar-refractivity contribution >= 4 is 17.5 Å². The SMILES string of the molecule is NCCC[C@H](N)C(=O)NC(C(=O)Nc1ccc(OCc2ccccc2)cc1)[C@H]1O[C@@H](n2ccc(=O)[nH]c2=O)[C@H](O)[C@@H]1O. The average Bonchev–Trinajstić information content (AvgIpc) is 3.27. The number of nitrogens with one attached hydrogen (secondary N) is 3. The molecule has 3 aromatic rings. The van der Waals surface area contributed by atoms with E-state index in [1.807, 2.05) is 35.3 Å². The molecule has 0 radical (unpaired) electrons. The number of rotatable bonds is 12. The highest BCUT2D eigenvalue weighted by molar-refractivity contribution is 5.98. The number of hydrogen-bond donors (Lipinski definition) is 7. The Morgan fingerprint density at radius 3 is 2.40 bits per heavy atom. The van der Waals surface area contributed by atoms with Crippen molar-refractivity contribution < 1.29 is 29.3 Å². The Labute approximate surface area is 240 Å². The van der Waals surface area contributed by atoms with E-state index in [4.69, 9.17) is 20.9 Å². The molecule has 224 valence electrons. The highest BCUT2D eigenvalue weighted by Gasteiger charge is 2.50. The van der Waals surface area contributed by atoms with Crippen LogP contribution in [0, 0.1) is 0 Å². The molecule has 14 heteroatoms. The van der Waals surface area contributed by atoms with E-state index in [-0.39, 0.29) is 6.42 Å². The predicted molar refractivity (Wildman–Crippen MR) is 151 cm³/mol. The molecule has 1 aliphatic rings. The largest absolute Gasteiger partial charge is 0.489 e. The topological polar surface area (TPSA) is 224 Å². The molecule has 1 saturated heterocycles. The molecule has 0 aliphatic carbocycles. The number of nitrogens with zero attached hydrogens (tertiary/aromatic N) is 1. The summed E-state index contributed by atoms with van der Waals surface area (Å²) in [4.78, 5) is 52.1. The predicted octanol–water partition coefficient (Wildman–Crippen LogP) is -1.08. The first-order valence-corrected chi connectivity index (χ1v) is 13.3. The van der Waals surface area contributed by atoms with Gasteiger partial charge in [-0.1, -0.05) is 30.3 Å². The second kappa shape index (κ2) is 14.0. The third-order valence-corrected chi connectivity index (χ3v) is 6.74. The molecule has 0 bridgehead atoms. The normalized spacial score (nSPS) is 21.3. The number of aromatic nitrogens is 2. The number of ether oxygens (including phenoxy) is 2. The standard InChI is InChI=1S/C28H34N6O8/c29-13-4-7-19(30)25(38)33-21(24-22(36)23(37)27(42-24)34-14-12-20(35)32-28(34)40)26(39)31-17-8-10-18(11-9-17)41-15-16-5-2-1-3-6-16/h1-3,5-6,8-12,14,19,21-24,27,36-37H,4,7,13,15,29-30H2,(H,31,39)(H,33,38)(H,32,35,40)/t19-,21?,22-,23+,24+,27+/m0/s1. The van der Waals surface area contributed by atoms with Crippen LogP contribution in [-0.4, -0.2) is 68.5 Å². The van der Waals surface area contributed by atoms with Gasteiger partial charge < -0.3 is 41.8 Å². The number of nitrogens with two attached hydrogens (primary N) is 2. The minimum Gasteiger partial charge on any atom is -0.489 e. The third kappa shape index (κ3) is 7.48. The third-order valence-electron chi connectivity index (χ3n) is 6.74. The van der Waals surface area contributed by atoms with Gasteiger partial charge in [0.2, 0.25) is 11.8 Å². The average molecular weight is 583 g/mol. The summed E-state index contributed by atoms with van der Waals surface area (Å²) in [6, 6.07) is 14.5. The van der Waals surface area contributed by atoms with Gasteiger partial charge in [-0.3, -0.25) is 23.9 Å². The zero-order valence-corrected chi connectivity index (χ0v) is 22.6. The van der Waals surface area contributed by atoms with Crippen molar-refractivity contribution in [1.29, 1.82) is 0 Å². The van der Waals surface area contributed by atoms with Crippen LogP contribution in [0.1, 0.15) is 24.6 Å². The summed E-state index contributed by atoms with van der Waals surface area (Å²) in [5.74, 6) is -0.930. The van der Waals surface area contributed by atoms with Crippen LogP contribution in [0.15, 0.2) is 76.4 Å². The molecule has 1 fully saturated rings. The van der Waals surface area contributed by atoms with Crippen LogP contribution >= 0.6 is 0 Å². The Morgan fingerprint density at radius 1 is 1.02 bits per heavy atom. The van der Waals surface area contributed by atoms with Gasteiger partial charge in [-0.05, 0) is 49.2 Å². The Bertz CT molecular complexity index is 1460. The summed E-state index contributed by atoms with van der Waals surface area (Å²) in [6.45, 7) is 0.659. The van der Waals surface area contributed by atoms with Gasteiger partial charge in [0.15, 0.2) is 6.23 Å². The van der Waals surface area contributed by atoms with Crippen molar-refractivity contribution in [3.63, 3.8) is 0 Å². The smallest absolute Gasteiger partial charge is 0.330 e. The zero-order chi connectivity index (χ0) is 30.2. The number of carbonyl (C=O) groups is 2. The summed E-state index contributed by atoms with van der Waals surface area (Å²) in [5, 5.41) is 26.7. The van der Waals surface area contributed by atoms with E-state index in [1.165, 1.54) is 0 Å². The number of hydrogen-bond acceptors (Lipinski definition) is 10. The highest BCUT2D eigenvalue weighted by Crippen LogP contribution is 2.31. The fraction of sp³-hybridized carbons (Fsp3) is 0.357. The van der Waals surface area contributed by atoms with Gasteiger partial charge in [0.1, 0.15) is 36.7 Å². The summed E-state index contributed by atoms with van der Waals surface area (Å²) in [7, 11) is 0. The summed E-state index contributed by atoms with van der Waals surface area (Å²) in [6.07, 6.45) is -4.56. The minimum atomic E-state index is -1.71. The van der Waals surface area contributed by atoms with E-state index in [1.54, 1.807) is 24.3 Å². The molecule has 1 unspecified atom stereocenters. The van der Waals surface area contributed by atoms with E-state index in [0.717, 1.165) is 22.4 Å². The van der Waals surface area contributed by atoms with Gasteiger partial charge in [0.25, 0.3) is 5.56 Å². The fourth-order valence-corrected chi connectivity index (χ4v) is 4.44. The first-order chi connectivity index (χ1) is 20.2. The molecule has 14 nitrogen and oxygen atoms in total. The second-order valence-corrected chi connectivity index (χ2v) is 9.80. The van der Waals surface area contributed by atoms with Crippen molar-refractivity contribution in [3.8, 4) is 5.75 Å². The Hall–Kier alpha value is -4.34. The number of benzene rings is 2. The van der Waals surface area contributed by atoms with Crippen molar-refractivity contribution in [2.75, 3.05) is 11.9 Å². The van der Waals surface area contributed by atoms with E-state index in [9.17, 15) is 29.4 Å². The van der Waals surface area contributed by atoms with Crippen molar-refractivity contribution in [2.24, 2.45) is 11.5 Å². The lowest BCUT2D eigenvalue weighted by Crippen LogP contribution is -2.57. The molecule has 0 saturated carbocycles. The second-order valence-electron chi connectivity index (χ2n) is 9.80. The number of carbonyl (C=O) groups excluding carboxylic acids is 2. The van der Waals surface area contributed by atoms with Crippen LogP contribution in [0.5, 0.6) is 5.75 Å². The van der Waals surface area contributed by atoms with E-state index < -0.39 is 59.7 Å². The number of aliphatic hydroxyl groups is 2. The zero-order valence-electron chi connectivity index (χ0n) is 22.6. The molecule has 42 heavy (non-hydrogen) atoms. The van der Waals surface area contributed by atoms with Crippen LogP contribution < -0.4 is 38.1 Å². The Balaban J connectivity index is 1.51. The maximum absolute atomic E-state index is 13.5. The van der Waals surface area contributed by atoms with Gasteiger partial charge in [-0.25, -0.2) is 4.79 Å². The Kier molecular flexibility index (Phi) is 10.2. The van der Waals surface area contributed by atoms with Crippen LogP contribution in [0.25, 0.3) is 0 Å². The first kappa shape index (κ1) is 30.6. The monoisotopic (exact) mass is 582 g/mol. The summed E-state index contributed by atoms with van der Waals surface area (Å²) in [5.41, 5.74) is 11.2. The number of aromatic amines is 1. The van der Waals surface area contributed by atoms with Crippen LogP contribution in [0.2, 0.25) is 0 Å². The molecule has 6 atom stereocenters. The number of H-pyrrole nitrogens is 1. The molecule has 1 aromatic heterocycles. The van der Waals surface area contributed by atoms with Crippen molar-refractivity contribution in [1.82, 2.24) is 14.9 Å².